The molecular formula is C23H17F2NS2. The Morgan fingerprint density at radius 2 is 1.39 bits per heavy atom. The quantitative estimate of drug-likeness (QED) is 0.341. The van der Waals surface area contributed by atoms with Crippen LogP contribution in [0.15, 0.2) is 92.5 Å². The molecule has 4 aromatic rings. The fourth-order valence-corrected chi connectivity index (χ4v) is 4.94. The van der Waals surface area contributed by atoms with Gasteiger partial charge in [0.05, 0.1) is 4.90 Å². The lowest BCUT2D eigenvalue weighted by Gasteiger charge is -2.14. The molecule has 1 heterocycles. The van der Waals surface area contributed by atoms with Gasteiger partial charge in [-0.3, -0.25) is 4.98 Å². The number of rotatable bonds is 5. The topological polar surface area (TPSA) is 12.9 Å². The highest BCUT2D eigenvalue weighted by molar-refractivity contribution is 7.99. The SMILES string of the molecule is CCc1cnc2c(F)c(Sc3ccccc3)c(F)cc2c1Sc1ccccc1. The summed E-state index contributed by atoms with van der Waals surface area (Å²) in [5.74, 6) is -1.18. The van der Waals surface area contributed by atoms with Crippen molar-refractivity contribution < 1.29 is 8.78 Å². The molecule has 1 nitrogen and oxygen atoms in total. The molecule has 3 aromatic carbocycles. The second-order valence-corrected chi connectivity index (χ2v) is 8.36. The van der Waals surface area contributed by atoms with Crippen LogP contribution in [0.3, 0.4) is 0 Å². The molecule has 4 rings (SSSR count). The summed E-state index contributed by atoms with van der Waals surface area (Å²) in [6.07, 6.45) is 2.44. The van der Waals surface area contributed by atoms with Gasteiger partial charge >= 0.3 is 0 Å². The number of hydrogen-bond acceptors (Lipinski definition) is 3. The molecule has 0 aliphatic rings. The van der Waals surface area contributed by atoms with Crippen LogP contribution in [-0.4, -0.2) is 4.98 Å². The van der Waals surface area contributed by atoms with Crippen molar-refractivity contribution in [3.8, 4) is 0 Å². The number of halogens is 2. The molecule has 5 heteroatoms. The van der Waals surface area contributed by atoms with E-state index < -0.39 is 11.6 Å². The summed E-state index contributed by atoms with van der Waals surface area (Å²) in [4.78, 5) is 6.96. The van der Waals surface area contributed by atoms with Gasteiger partial charge in [0.1, 0.15) is 11.3 Å². The minimum atomic E-state index is -0.610. The van der Waals surface area contributed by atoms with E-state index in [2.05, 4.69) is 4.98 Å². The highest BCUT2D eigenvalue weighted by atomic mass is 32.2. The van der Waals surface area contributed by atoms with Crippen LogP contribution in [0.1, 0.15) is 12.5 Å². The van der Waals surface area contributed by atoms with Gasteiger partial charge in [0.25, 0.3) is 0 Å². The minimum absolute atomic E-state index is 0.0221. The lowest BCUT2D eigenvalue weighted by molar-refractivity contribution is 0.547. The molecule has 0 bridgehead atoms. The third kappa shape index (κ3) is 3.77. The maximum absolute atomic E-state index is 15.2. The first-order chi connectivity index (χ1) is 13.7. The second kappa shape index (κ2) is 8.33. The molecule has 0 aliphatic heterocycles. The standard InChI is InChI=1S/C23H17F2NS2/c1-2-15-14-26-21-18(22(15)27-16-9-5-3-6-10-16)13-19(24)23(20(21)25)28-17-11-7-4-8-12-17/h3-14H,2H2,1H3. The van der Waals surface area contributed by atoms with Crippen molar-refractivity contribution in [2.45, 2.75) is 32.9 Å². The van der Waals surface area contributed by atoms with Crippen LogP contribution >= 0.6 is 23.5 Å². The summed E-state index contributed by atoms with van der Waals surface area (Å²) in [5.41, 5.74) is 1.18. The Balaban J connectivity index is 1.85. The molecule has 0 amide bonds. The predicted octanol–water partition coefficient (Wildman–Crippen LogP) is 7.38. The van der Waals surface area contributed by atoms with Crippen molar-refractivity contribution in [1.29, 1.82) is 0 Å². The number of hydrogen-bond donors (Lipinski definition) is 0. The molecule has 0 aliphatic carbocycles. The highest BCUT2D eigenvalue weighted by Crippen LogP contribution is 2.40. The smallest absolute Gasteiger partial charge is 0.166 e. The molecular weight excluding hydrogens is 392 g/mol. The van der Waals surface area contributed by atoms with Crippen molar-refractivity contribution in [3.63, 3.8) is 0 Å². The van der Waals surface area contributed by atoms with Crippen LogP contribution < -0.4 is 0 Å². The van der Waals surface area contributed by atoms with Crippen LogP contribution in [0.25, 0.3) is 10.9 Å². The lowest BCUT2D eigenvalue weighted by Crippen LogP contribution is -1.97. The maximum atomic E-state index is 15.2. The van der Waals surface area contributed by atoms with E-state index in [0.717, 1.165) is 38.4 Å². The molecule has 140 valence electrons. The lowest BCUT2D eigenvalue weighted by atomic mass is 10.1. The average Bonchev–Trinajstić information content (AvgIpc) is 2.73. The number of fused-ring (bicyclic) bond motifs is 1. The normalized spacial score (nSPS) is 11.1. The van der Waals surface area contributed by atoms with Gasteiger partial charge in [-0.2, -0.15) is 0 Å². The largest absolute Gasteiger partial charge is 0.253 e. The monoisotopic (exact) mass is 409 g/mol. The van der Waals surface area contributed by atoms with Crippen molar-refractivity contribution >= 4 is 34.4 Å². The van der Waals surface area contributed by atoms with Crippen LogP contribution in [0.5, 0.6) is 0 Å². The molecule has 0 saturated carbocycles. The molecule has 0 fully saturated rings. The van der Waals surface area contributed by atoms with E-state index in [1.165, 1.54) is 17.8 Å². The van der Waals surface area contributed by atoms with Gasteiger partial charge in [-0.05, 0) is 42.3 Å². The number of pyridine rings is 1. The van der Waals surface area contributed by atoms with E-state index >= 15 is 4.39 Å². The molecule has 0 N–H and O–H groups in total. The number of nitrogens with zero attached hydrogens (tertiary/aromatic N) is 1. The second-order valence-electron chi connectivity index (χ2n) is 6.19. The first kappa shape index (κ1) is 19.0. The van der Waals surface area contributed by atoms with E-state index in [9.17, 15) is 4.39 Å². The van der Waals surface area contributed by atoms with Gasteiger partial charge in [-0.1, -0.05) is 66.8 Å². The molecule has 0 atom stereocenters. The van der Waals surface area contributed by atoms with Crippen molar-refractivity contribution in [1.82, 2.24) is 4.98 Å². The van der Waals surface area contributed by atoms with Crippen molar-refractivity contribution in [3.05, 3.63) is 90.1 Å². The summed E-state index contributed by atoms with van der Waals surface area (Å²) < 4.78 is 30.2. The number of aromatic nitrogens is 1. The Kier molecular flexibility index (Phi) is 5.64. The number of aryl methyl sites for hydroxylation is 1. The van der Waals surface area contributed by atoms with E-state index in [1.807, 2.05) is 67.6 Å². The summed E-state index contributed by atoms with van der Waals surface area (Å²) in [7, 11) is 0. The Bertz CT molecular complexity index is 1120. The van der Waals surface area contributed by atoms with Crippen LogP contribution in [0.2, 0.25) is 0 Å². The molecule has 0 spiro atoms. The van der Waals surface area contributed by atoms with E-state index in [1.54, 1.807) is 6.20 Å². The van der Waals surface area contributed by atoms with Crippen molar-refractivity contribution in [2.75, 3.05) is 0 Å². The van der Waals surface area contributed by atoms with Crippen LogP contribution in [0.4, 0.5) is 8.78 Å². The third-order valence-electron chi connectivity index (χ3n) is 4.34. The van der Waals surface area contributed by atoms with Gasteiger partial charge in [0, 0.05) is 26.3 Å². The van der Waals surface area contributed by atoms with E-state index in [0.29, 0.717) is 5.39 Å². The molecule has 0 saturated heterocycles. The summed E-state index contributed by atoms with van der Waals surface area (Å²) in [6.45, 7) is 2.02. The van der Waals surface area contributed by atoms with Crippen LogP contribution in [-0.2, 0) is 6.42 Å². The first-order valence-electron chi connectivity index (χ1n) is 8.92. The third-order valence-corrected chi connectivity index (χ3v) is 6.62. The van der Waals surface area contributed by atoms with Gasteiger partial charge < -0.3 is 0 Å². The highest BCUT2D eigenvalue weighted by Gasteiger charge is 2.20. The molecule has 0 radical (unpaired) electrons. The van der Waals surface area contributed by atoms with Gasteiger partial charge in [0.2, 0.25) is 0 Å². The fraction of sp³-hybridized carbons (Fsp3) is 0.0870. The van der Waals surface area contributed by atoms with Gasteiger partial charge in [-0.15, -0.1) is 0 Å². The molecule has 28 heavy (non-hydrogen) atoms. The average molecular weight is 410 g/mol. The molecule has 1 aromatic heterocycles. The van der Waals surface area contributed by atoms with E-state index in [4.69, 9.17) is 0 Å². The van der Waals surface area contributed by atoms with Crippen LogP contribution in [0, 0.1) is 11.6 Å². The molecule has 0 unspecified atom stereocenters. The Hall–Kier alpha value is -2.37. The zero-order chi connectivity index (χ0) is 19.5. The zero-order valence-corrected chi connectivity index (χ0v) is 16.8. The summed E-state index contributed by atoms with van der Waals surface area (Å²) >= 11 is 2.59. The fourth-order valence-electron chi connectivity index (χ4n) is 2.94. The van der Waals surface area contributed by atoms with Gasteiger partial charge in [-0.25, -0.2) is 8.78 Å². The zero-order valence-electron chi connectivity index (χ0n) is 15.2. The minimum Gasteiger partial charge on any atom is -0.253 e. The predicted molar refractivity (Wildman–Crippen MR) is 112 cm³/mol. The Morgan fingerprint density at radius 3 is 1.96 bits per heavy atom. The van der Waals surface area contributed by atoms with Crippen molar-refractivity contribution in [2.24, 2.45) is 0 Å². The Labute approximate surface area is 171 Å². The van der Waals surface area contributed by atoms with E-state index in [-0.39, 0.29) is 10.4 Å². The summed E-state index contributed by atoms with van der Waals surface area (Å²) in [5, 5.41) is 0.514. The first-order valence-corrected chi connectivity index (χ1v) is 10.6. The number of benzene rings is 3. The van der Waals surface area contributed by atoms with Gasteiger partial charge in [0.15, 0.2) is 5.82 Å². The maximum Gasteiger partial charge on any atom is 0.166 e. The summed E-state index contributed by atoms with van der Waals surface area (Å²) in [6, 6.07) is 20.5. The Morgan fingerprint density at radius 1 is 0.821 bits per heavy atom.